The zero-order valence-corrected chi connectivity index (χ0v) is 12.3. The van der Waals surface area contributed by atoms with Crippen LogP contribution >= 0.6 is 0 Å². The zero-order valence-electron chi connectivity index (χ0n) is 12.3. The molecule has 0 aromatic carbocycles. The number of hydrogen-bond acceptors (Lipinski definition) is 5. The van der Waals surface area contributed by atoms with E-state index in [4.69, 9.17) is 5.11 Å². The van der Waals surface area contributed by atoms with Crippen molar-refractivity contribution in [3.05, 3.63) is 28.6 Å². The van der Waals surface area contributed by atoms with Gasteiger partial charge >= 0.3 is 18.1 Å². The van der Waals surface area contributed by atoms with Crippen LogP contribution in [0.4, 0.5) is 17.6 Å². The third kappa shape index (κ3) is 4.38. The minimum absolute atomic E-state index is 0.277. The number of nitrogens with zero attached hydrogens (tertiary/aromatic N) is 2. The number of rotatable bonds is 6. The highest BCUT2D eigenvalue weighted by atomic mass is 19.4. The van der Waals surface area contributed by atoms with Gasteiger partial charge in [-0.05, 0) is 19.2 Å². The fourth-order valence-electron chi connectivity index (χ4n) is 1.84. The summed E-state index contributed by atoms with van der Waals surface area (Å²) in [6, 6.07) is 0. The van der Waals surface area contributed by atoms with Crippen molar-refractivity contribution in [1.29, 1.82) is 0 Å². The lowest BCUT2D eigenvalue weighted by atomic mass is 10.00. The third-order valence-electron chi connectivity index (χ3n) is 3.04. The van der Waals surface area contributed by atoms with Crippen molar-refractivity contribution in [3.8, 4) is 0 Å². The number of pyridine rings is 1. The van der Waals surface area contributed by atoms with Crippen molar-refractivity contribution in [2.75, 3.05) is 20.5 Å². The molecule has 0 bridgehead atoms. The Labute approximate surface area is 128 Å². The predicted octanol–water partition coefficient (Wildman–Crippen LogP) is 2.33. The summed E-state index contributed by atoms with van der Waals surface area (Å²) in [7, 11) is 1.52. The molecule has 1 aromatic heterocycles. The van der Waals surface area contributed by atoms with E-state index in [2.05, 4.69) is 9.72 Å². The lowest BCUT2D eigenvalue weighted by Crippen LogP contribution is -2.26. The lowest BCUT2D eigenvalue weighted by molar-refractivity contribution is -0.141. The number of halogens is 4. The molecule has 0 aliphatic carbocycles. The Bertz CT molecular complexity index is 604. The van der Waals surface area contributed by atoms with Gasteiger partial charge < -0.3 is 14.7 Å². The van der Waals surface area contributed by atoms with E-state index in [1.807, 2.05) is 0 Å². The van der Waals surface area contributed by atoms with Gasteiger partial charge in [0.15, 0.2) is 5.69 Å². The fraction of sp³-hybridized carbons (Fsp3) is 0.462. The number of aromatic nitrogens is 1. The van der Waals surface area contributed by atoms with Gasteiger partial charge in [0.1, 0.15) is 0 Å². The minimum Gasteiger partial charge on any atom is -0.478 e. The van der Waals surface area contributed by atoms with Crippen LogP contribution in [-0.4, -0.2) is 47.4 Å². The average Bonchev–Trinajstić information content (AvgIpc) is 2.45. The Morgan fingerprint density at radius 1 is 1.39 bits per heavy atom. The van der Waals surface area contributed by atoms with Gasteiger partial charge in [-0.2, -0.15) is 13.2 Å². The molecule has 0 aliphatic rings. The van der Waals surface area contributed by atoms with Crippen LogP contribution in [0.2, 0.25) is 0 Å². The standard InChI is InChI=1S/C13H14F4N2O4/c1-3-19(2)5-8-7(12(22)23-6-14)4-18-10(13(15,16)17)9(8)11(20)21/h4H,3,5-6H2,1-2H3,(H,20,21). The highest BCUT2D eigenvalue weighted by Crippen LogP contribution is 2.33. The molecule has 0 radical (unpaired) electrons. The van der Waals surface area contributed by atoms with E-state index < -0.39 is 47.4 Å². The number of esters is 1. The fourth-order valence-corrected chi connectivity index (χ4v) is 1.84. The number of ether oxygens (including phenoxy) is 1. The van der Waals surface area contributed by atoms with Crippen LogP contribution in [0.3, 0.4) is 0 Å². The van der Waals surface area contributed by atoms with E-state index in [0.717, 1.165) is 0 Å². The van der Waals surface area contributed by atoms with Gasteiger partial charge in [-0.1, -0.05) is 6.92 Å². The van der Waals surface area contributed by atoms with Gasteiger partial charge in [0.2, 0.25) is 6.86 Å². The Hall–Kier alpha value is -2.23. The maximum Gasteiger partial charge on any atom is 0.434 e. The van der Waals surface area contributed by atoms with Crippen molar-refractivity contribution in [3.63, 3.8) is 0 Å². The molecule has 0 amide bonds. The summed E-state index contributed by atoms with van der Waals surface area (Å²) in [5.74, 6) is -3.17. The van der Waals surface area contributed by atoms with Crippen molar-refractivity contribution in [2.45, 2.75) is 19.6 Å². The topological polar surface area (TPSA) is 79.7 Å². The van der Waals surface area contributed by atoms with Crippen LogP contribution in [-0.2, 0) is 17.5 Å². The predicted molar refractivity (Wildman–Crippen MR) is 69.6 cm³/mol. The normalized spacial score (nSPS) is 11.6. The molecule has 0 saturated carbocycles. The number of aromatic carboxylic acids is 1. The first-order valence-electron chi connectivity index (χ1n) is 6.37. The van der Waals surface area contributed by atoms with Crippen molar-refractivity contribution >= 4 is 11.9 Å². The maximum absolute atomic E-state index is 13.0. The number of alkyl halides is 4. The number of carbonyl (C=O) groups is 2. The molecule has 0 aliphatic heterocycles. The molecule has 0 unspecified atom stereocenters. The lowest BCUT2D eigenvalue weighted by Gasteiger charge is -2.20. The molecule has 128 valence electrons. The molecule has 0 spiro atoms. The molecule has 0 saturated heterocycles. The molecule has 0 fully saturated rings. The van der Waals surface area contributed by atoms with Gasteiger partial charge in [0.25, 0.3) is 0 Å². The van der Waals surface area contributed by atoms with Gasteiger partial charge in [0, 0.05) is 12.7 Å². The zero-order chi connectivity index (χ0) is 17.8. The highest BCUT2D eigenvalue weighted by Gasteiger charge is 2.40. The number of hydrogen-bond donors (Lipinski definition) is 1. The molecule has 1 rings (SSSR count). The van der Waals surface area contributed by atoms with E-state index in [-0.39, 0.29) is 6.54 Å². The number of carboxylic acids is 1. The molecular formula is C13H14F4N2O4. The summed E-state index contributed by atoms with van der Waals surface area (Å²) in [6.45, 7) is 0.290. The Morgan fingerprint density at radius 2 is 2.00 bits per heavy atom. The number of carboxylic acid groups (broad SMARTS) is 1. The molecule has 0 atom stereocenters. The molecule has 23 heavy (non-hydrogen) atoms. The van der Waals surface area contributed by atoms with Gasteiger partial charge in [-0.15, -0.1) is 0 Å². The van der Waals surface area contributed by atoms with E-state index in [9.17, 15) is 27.2 Å². The van der Waals surface area contributed by atoms with Crippen LogP contribution < -0.4 is 0 Å². The second kappa shape index (κ2) is 7.36. The molecule has 1 heterocycles. The first-order valence-corrected chi connectivity index (χ1v) is 6.37. The van der Waals surface area contributed by atoms with E-state index in [1.165, 1.54) is 11.9 Å². The van der Waals surface area contributed by atoms with Crippen LogP contribution in [0.15, 0.2) is 6.20 Å². The van der Waals surface area contributed by atoms with Crippen LogP contribution in [0.25, 0.3) is 0 Å². The summed E-state index contributed by atoms with van der Waals surface area (Å²) < 4.78 is 55.2. The second-order valence-corrected chi connectivity index (χ2v) is 4.55. The minimum atomic E-state index is -5.02. The Kier molecular flexibility index (Phi) is 6.02. The SMILES string of the molecule is CCN(C)Cc1c(C(=O)OCF)cnc(C(F)(F)F)c1C(=O)O. The summed E-state index contributed by atoms with van der Waals surface area (Å²) in [5.41, 5.74) is -3.72. The molecule has 1 N–H and O–H groups in total. The molecular weight excluding hydrogens is 324 g/mol. The number of carbonyl (C=O) groups excluding carboxylic acids is 1. The first kappa shape index (κ1) is 18.8. The van der Waals surface area contributed by atoms with E-state index in [0.29, 0.717) is 12.7 Å². The molecule has 1 aromatic rings. The van der Waals surface area contributed by atoms with E-state index >= 15 is 0 Å². The summed E-state index contributed by atoms with van der Waals surface area (Å²) in [6.07, 6.45) is -4.47. The molecule has 10 heteroatoms. The quantitative estimate of drug-likeness (QED) is 0.633. The first-order chi connectivity index (χ1) is 10.6. The monoisotopic (exact) mass is 338 g/mol. The summed E-state index contributed by atoms with van der Waals surface area (Å²) in [4.78, 5) is 27.5. The van der Waals surface area contributed by atoms with Crippen molar-refractivity contribution < 1.29 is 37.0 Å². The van der Waals surface area contributed by atoms with Crippen LogP contribution in [0.5, 0.6) is 0 Å². The van der Waals surface area contributed by atoms with Gasteiger partial charge in [-0.3, -0.25) is 4.98 Å². The van der Waals surface area contributed by atoms with Crippen LogP contribution in [0.1, 0.15) is 38.9 Å². The smallest absolute Gasteiger partial charge is 0.434 e. The van der Waals surface area contributed by atoms with E-state index in [1.54, 1.807) is 6.92 Å². The molecule has 6 nitrogen and oxygen atoms in total. The highest BCUT2D eigenvalue weighted by molar-refractivity contribution is 5.97. The summed E-state index contributed by atoms with van der Waals surface area (Å²) >= 11 is 0. The largest absolute Gasteiger partial charge is 0.478 e. The van der Waals surface area contributed by atoms with Gasteiger partial charge in [-0.25, -0.2) is 14.0 Å². The summed E-state index contributed by atoms with van der Waals surface area (Å²) in [5, 5.41) is 9.15. The Morgan fingerprint density at radius 3 is 2.43 bits per heavy atom. The van der Waals surface area contributed by atoms with Crippen molar-refractivity contribution in [2.24, 2.45) is 0 Å². The van der Waals surface area contributed by atoms with Crippen LogP contribution in [0, 0.1) is 0 Å². The Balaban J connectivity index is 3.64. The second-order valence-electron chi connectivity index (χ2n) is 4.55. The van der Waals surface area contributed by atoms with Gasteiger partial charge in [0.05, 0.1) is 11.1 Å². The average molecular weight is 338 g/mol. The van der Waals surface area contributed by atoms with Crippen molar-refractivity contribution in [1.82, 2.24) is 9.88 Å². The maximum atomic E-state index is 13.0. The third-order valence-corrected chi connectivity index (χ3v) is 3.04.